The molecule has 0 spiro atoms. The summed E-state index contributed by atoms with van der Waals surface area (Å²) in [6.45, 7) is 0.0194. The van der Waals surface area contributed by atoms with Gasteiger partial charge in [0.05, 0.1) is 53.0 Å². The molecular weight excluding hydrogens is 547 g/mol. The van der Waals surface area contributed by atoms with E-state index in [4.69, 9.17) is 32.5 Å². The number of phosphoric ester groups is 1. The van der Waals surface area contributed by atoms with Crippen LogP contribution in [0.3, 0.4) is 0 Å². The predicted octanol–water partition coefficient (Wildman–Crippen LogP) is 8.06. The van der Waals surface area contributed by atoms with Crippen molar-refractivity contribution in [2.45, 2.75) is 13.2 Å². The van der Waals surface area contributed by atoms with Crippen LogP contribution in [0.25, 0.3) is 0 Å². The topological polar surface area (TPSA) is 106 Å². The third kappa shape index (κ3) is 8.08. The Morgan fingerprint density at radius 2 is 1.05 bits per heavy atom. The van der Waals surface area contributed by atoms with Crippen molar-refractivity contribution in [3.63, 3.8) is 0 Å². The Hall–Kier alpha value is -4.37. The van der Waals surface area contributed by atoms with Gasteiger partial charge in [0.2, 0.25) is 5.75 Å². The molecule has 11 heteroatoms. The summed E-state index contributed by atoms with van der Waals surface area (Å²) in [4.78, 5) is 0. The molecule has 0 atom stereocenters. The van der Waals surface area contributed by atoms with E-state index in [1.165, 1.54) is 34.5 Å². The standard InChI is InChI=1S/C30H31N2O8P/c1-34-26-16-15-24(31-32-25-18-28(35-2)30(37-4)29(19-25)36-3)17-27(26)40-41(33,38-20-22-11-7-5-8-12-22)39-21-23-13-9-6-10-14-23/h5-19H,20-21H2,1-4H3. The lowest BCUT2D eigenvalue weighted by Crippen LogP contribution is -2.04. The summed E-state index contributed by atoms with van der Waals surface area (Å²) in [6, 6.07) is 26.8. The number of rotatable bonds is 14. The summed E-state index contributed by atoms with van der Waals surface area (Å²) in [5.41, 5.74) is 2.46. The number of hydrogen-bond acceptors (Lipinski definition) is 10. The fourth-order valence-corrected chi connectivity index (χ4v) is 4.88. The molecule has 0 unspecified atom stereocenters. The summed E-state index contributed by atoms with van der Waals surface area (Å²) in [5.74, 6) is 1.73. The van der Waals surface area contributed by atoms with Crippen molar-refractivity contribution < 1.29 is 37.1 Å². The second-order valence-electron chi connectivity index (χ2n) is 8.48. The molecule has 0 fully saturated rings. The summed E-state index contributed by atoms with van der Waals surface area (Å²) >= 11 is 0. The van der Waals surface area contributed by atoms with Crippen LogP contribution in [0.5, 0.6) is 28.7 Å². The van der Waals surface area contributed by atoms with E-state index in [-0.39, 0.29) is 19.0 Å². The summed E-state index contributed by atoms with van der Waals surface area (Å²) < 4.78 is 52.8. The van der Waals surface area contributed by atoms with Crippen molar-refractivity contribution in [2.24, 2.45) is 10.2 Å². The first-order valence-corrected chi connectivity index (χ1v) is 14.0. The lowest BCUT2D eigenvalue weighted by Gasteiger charge is -2.20. The van der Waals surface area contributed by atoms with Crippen molar-refractivity contribution in [3.8, 4) is 28.7 Å². The molecular formula is C30H31N2O8P. The van der Waals surface area contributed by atoms with Gasteiger partial charge in [-0.2, -0.15) is 10.2 Å². The number of ether oxygens (including phenoxy) is 4. The fraction of sp³-hybridized carbons (Fsp3) is 0.200. The third-order valence-electron chi connectivity index (χ3n) is 5.75. The molecule has 4 aromatic rings. The van der Waals surface area contributed by atoms with Crippen LogP contribution in [0.2, 0.25) is 0 Å². The van der Waals surface area contributed by atoms with Crippen LogP contribution >= 0.6 is 7.82 Å². The predicted molar refractivity (Wildman–Crippen MR) is 154 cm³/mol. The van der Waals surface area contributed by atoms with Gasteiger partial charge >= 0.3 is 7.82 Å². The lowest BCUT2D eigenvalue weighted by atomic mass is 10.2. The van der Waals surface area contributed by atoms with Gasteiger partial charge in [0.25, 0.3) is 0 Å². The van der Waals surface area contributed by atoms with Gasteiger partial charge in [0.15, 0.2) is 23.0 Å². The number of hydrogen-bond donors (Lipinski definition) is 0. The molecule has 0 aliphatic heterocycles. The number of azo groups is 1. The minimum Gasteiger partial charge on any atom is -0.493 e. The highest BCUT2D eigenvalue weighted by atomic mass is 31.2. The Labute approximate surface area is 239 Å². The van der Waals surface area contributed by atoms with Crippen molar-refractivity contribution in [2.75, 3.05) is 28.4 Å². The maximum atomic E-state index is 13.9. The van der Waals surface area contributed by atoms with Crippen molar-refractivity contribution >= 4 is 19.2 Å². The smallest absolute Gasteiger partial charge is 0.493 e. The molecule has 0 aliphatic carbocycles. The van der Waals surface area contributed by atoms with Crippen LogP contribution in [0.1, 0.15) is 11.1 Å². The Kier molecular flexibility index (Phi) is 10.3. The quantitative estimate of drug-likeness (QED) is 0.109. The van der Waals surface area contributed by atoms with E-state index in [1.807, 2.05) is 60.7 Å². The van der Waals surface area contributed by atoms with Crippen LogP contribution in [0.4, 0.5) is 11.4 Å². The zero-order valence-corrected chi connectivity index (χ0v) is 24.1. The van der Waals surface area contributed by atoms with E-state index < -0.39 is 7.82 Å². The van der Waals surface area contributed by atoms with Gasteiger partial charge in [-0.1, -0.05) is 60.7 Å². The average molecular weight is 579 g/mol. The van der Waals surface area contributed by atoms with Crippen molar-refractivity contribution in [1.82, 2.24) is 0 Å². The van der Waals surface area contributed by atoms with E-state index >= 15 is 0 Å². The Morgan fingerprint density at radius 1 is 0.561 bits per heavy atom. The first-order chi connectivity index (χ1) is 20.0. The van der Waals surface area contributed by atoms with Gasteiger partial charge in [0.1, 0.15) is 0 Å². The molecule has 0 saturated carbocycles. The molecule has 0 bridgehead atoms. The maximum absolute atomic E-state index is 13.9. The van der Waals surface area contributed by atoms with Crippen molar-refractivity contribution in [1.29, 1.82) is 0 Å². The summed E-state index contributed by atoms with van der Waals surface area (Å²) in [7, 11) is 1.89. The maximum Gasteiger partial charge on any atom is 0.530 e. The van der Waals surface area contributed by atoms with Gasteiger partial charge in [0, 0.05) is 18.2 Å². The van der Waals surface area contributed by atoms with Crippen LogP contribution in [0.15, 0.2) is 101 Å². The molecule has 4 rings (SSSR count). The SMILES string of the molecule is COc1ccc(N=Nc2cc(OC)c(OC)c(OC)c2)cc1OP(=O)(OCc1ccccc1)OCc1ccccc1. The monoisotopic (exact) mass is 578 g/mol. The molecule has 214 valence electrons. The summed E-state index contributed by atoms with van der Waals surface area (Å²) in [5, 5.41) is 8.60. The van der Waals surface area contributed by atoms with Crippen molar-refractivity contribution in [3.05, 3.63) is 102 Å². The van der Waals surface area contributed by atoms with E-state index in [0.29, 0.717) is 34.4 Å². The molecule has 0 amide bonds. The first kappa shape index (κ1) is 29.6. The average Bonchev–Trinajstić information content (AvgIpc) is 3.02. The molecule has 0 heterocycles. The minimum atomic E-state index is -4.14. The van der Waals surface area contributed by atoms with E-state index in [1.54, 1.807) is 24.3 Å². The molecule has 4 aromatic carbocycles. The highest BCUT2D eigenvalue weighted by molar-refractivity contribution is 7.48. The largest absolute Gasteiger partial charge is 0.530 e. The third-order valence-corrected chi connectivity index (χ3v) is 7.06. The van der Waals surface area contributed by atoms with Gasteiger partial charge < -0.3 is 23.5 Å². The molecule has 0 aliphatic rings. The fourth-order valence-electron chi connectivity index (χ4n) is 3.71. The number of nitrogens with zero attached hydrogens (tertiary/aromatic N) is 2. The number of methoxy groups -OCH3 is 4. The molecule has 41 heavy (non-hydrogen) atoms. The van der Waals surface area contributed by atoms with Gasteiger partial charge in [-0.15, -0.1) is 0 Å². The highest BCUT2D eigenvalue weighted by Crippen LogP contribution is 2.53. The Balaban J connectivity index is 1.60. The van der Waals surface area contributed by atoms with Crippen LogP contribution in [-0.4, -0.2) is 28.4 Å². The second kappa shape index (κ2) is 14.3. The van der Waals surface area contributed by atoms with Crippen LogP contribution in [0, 0.1) is 0 Å². The van der Waals surface area contributed by atoms with Crippen LogP contribution < -0.4 is 23.5 Å². The Bertz CT molecular complexity index is 1430. The molecule has 10 nitrogen and oxygen atoms in total. The molecule has 0 aromatic heterocycles. The normalized spacial score (nSPS) is 11.3. The van der Waals surface area contributed by atoms with Gasteiger partial charge in [-0.3, -0.25) is 9.05 Å². The minimum absolute atomic E-state index is 0.00968. The number of benzene rings is 4. The highest BCUT2D eigenvalue weighted by Gasteiger charge is 2.31. The Morgan fingerprint density at radius 3 is 1.54 bits per heavy atom. The molecule has 0 N–H and O–H groups in total. The molecule has 0 saturated heterocycles. The zero-order chi connectivity index (χ0) is 29.1. The van der Waals surface area contributed by atoms with Gasteiger partial charge in [-0.25, -0.2) is 4.57 Å². The molecule has 0 radical (unpaired) electrons. The van der Waals surface area contributed by atoms with Crippen LogP contribution in [-0.2, 0) is 26.8 Å². The second-order valence-corrected chi connectivity index (χ2v) is 10.1. The zero-order valence-electron chi connectivity index (χ0n) is 23.2. The lowest BCUT2D eigenvalue weighted by molar-refractivity contribution is 0.142. The summed E-state index contributed by atoms with van der Waals surface area (Å²) in [6.07, 6.45) is 0. The van der Waals surface area contributed by atoms with E-state index in [2.05, 4.69) is 10.2 Å². The van der Waals surface area contributed by atoms with E-state index in [9.17, 15) is 4.57 Å². The number of phosphoric acid groups is 1. The van der Waals surface area contributed by atoms with Gasteiger partial charge in [-0.05, 0) is 23.3 Å². The first-order valence-electron chi connectivity index (χ1n) is 12.5. The van der Waals surface area contributed by atoms with E-state index in [0.717, 1.165) is 11.1 Å².